The van der Waals surface area contributed by atoms with Crippen molar-refractivity contribution in [3.63, 3.8) is 0 Å². The van der Waals surface area contributed by atoms with Gasteiger partial charge in [-0.2, -0.15) is 0 Å². The van der Waals surface area contributed by atoms with E-state index in [9.17, 15) is 4.79 Å². The quantitative estimate of drug-likeness (QED) is 0.855. The van der Waals surface area contributed by atoms with Gasteiger partial charge in [0.15, 0.2) is 0 Å². The summed E-state index contributed by atoms with van der Waals surface area (Å²) in [5.41, 5.74) is 3.45. The Balaban J connectivity index is 1.52. The summed E-state index contributed by atoms with van der Waals surface area (Å²) in [7, 11) is 0. The summed E-state index contributed by atoms with van der Waals surface area (Å²) in [6.45, 7) is 4.99. The van der Waals surface area contributed by atoms with Crippen LogP contribution in [0.25, 0.3) is 0 Å². The molecule has 0 bridgehead atoms. The van der Waals surface area contributed by atoms with Gasteiger partial charge in [0, 0.05) is 31.0 Å². The highest BCUT2D eigenvalue weighted by atomic mass is 16.5. The predicted octanol–water partition coefficient (Wildman–Crippen LogP) is 2.65. The number of morpholine rings is 1. The zero-order chi connectivity index (χ0) is 18.7. The average Bonchev–Trinajstić information content (AvgIpc) is 3.44. The Labute approximate surface area is 160 Å². The van der Waals surface area contributed by atoms with Crippen LogP contribution in [0.2, 0.25) is 0 Å². The number of hydrogen-bond acceptors (Lipinski definition) is 4. The molecule has 1 aromatic carbocycles. The molecule has 1 N–H and O–H groups in total. The van der Waals surface area contributed by atoms with Crippen LogP contribution in [0.1, 0.15) is 35.6 Å². The van der Waals surface area contributed by atoms with E-state index in [0.29, 0.717) is 13.2 Å². The number of hydrogen-bond donors (Lipinski definition) is 1. The highest BCUT2D eigenvalue weighted by molar-refractivity contribution is 5.84. The topological polar surface area (TPSA) is 54.5 Å². The molecule has 27 heavy (non-hydrogen) atoms. The summed E-state index contributed by atoms with van der Waals surface area (Å²) in [6.07, 6.45) is 6.53. The molecule has 1 amide bonds. The van der Waals surface area contributed by atoms with Gasteiger partial charge in [0.2, 0.25) is 5.91 Å². The minimum atomic E-state index is -0.308. The maximum absolute atomic E-state index is 13.4. The number of rotatable bonds is 6. The van der Waals surface area contributed by atoms with Crippen molar-refractivity contribution >= 4 is 5.91 Å². The molecular weight excluding hydrogens is 338 g/mol. The van der Waals surface area contributed by atoms with E-state index in [4.69, 9.17) is 4.74 Å². The second-order valence-electron chi connectivity index (χ2n) is 7.71. The van der Waals surface area contributed by atoms with Crippen LogP contribution in [0.4, 0.5) is 0 Å². The van der Waals surface area contributed by atoms with E-state index in [1.165, 1.54) is 11.1 Å². The number of carbonyl (C=O) groups is 1. The lowest BCUT2D eigenvalue weighted by Gasteiger charge is -2.34. The van der Waals surface area contributed by atoms with E-state index in [2.05, 4.69) is 46.4 Å². The van der Waals surface area contributed by atoms with E-state index < -0.39 is 0 Å². The zero-order valence-electron chi connectivity index (χ0n) is 15.9. The molecule has 2 aliphatic rings. The standard InChI is InChI=1S/C22H27N3O2/c1-17-5-2-3-6-18(17)15-22(8-9-22)24-21(26)20(19-7-4-10-23-16-19)25-11-13-27-14-12-25/h2-7,10,16,20H,8-9,11-15H2,1H3,(H,24,26)/t20-/m1/s1. The van der Waals surface area contributed by atoms with Crippen LogP contribution in [0.15, 0.2) is 48.8 Å². The van der Waals surface area contributed by atoms with Crippen molar-refractivity contribution in [2.24, 2.45) is 0 Å². The normalized spacial score (nSPS) is 20.0. The number of aromatic nitrogens is 1. The number of benzene rings is 1. The van der Waals surface area contributed by atoms with Crippen LogP contribution >= 0.6 is 0 Å². The lowest BCUT2D eigenvalue weighted by atomic mass is 9.98. The minimum Gasteiger partial charge on any atom is -0.379 e. The number of aryl methyl sites for hydroxylation is 1. The third-order valence-electron chi connectivity index (χ3n) is 5.69. The molecule has 0 unspecified atom stereocenters. The molecule has 5 heteroatoms. The summed E-state index contributed by atoms with van der Waals surface area (Å²) in [4.78, 5) is 19.8. The van der Waals surface area contributed by atoms with Gasteiger partial charge >= 0.3 is 0 Å². The fourth-order valence-corrected chi connectivity index (χ4v) is 3.90. The van der Waals surface area contributed by atoms with Crippen molar-refractivity contribution in [1.82, 2.24) is 15.2 Å². The van der Waals surface area contributed by atoms with Crippen molar-refractivity contribution in [2.45, 2.75) is 37.8 Å². The van der Waals surface area contributed by atoms with Gasteiger partial charge < -0.3 is 10.1 Å². The number of pyridine rings is 1. The third-order valence-corrected chi connectivity index (χ3v) is 5.69. The molecule has 4 rings (SSSR count). The fraction of sp³-hybridized carbons (Fsp3) is 0.455. The maximum atomic E-state index is 13.4. The molecule has 1 aliphatic heterocycles. The molecule has 1 aromatic heterocycles. The first-order valence-corrected chi connectivity index (χ1v) is 9.75. The van der Waals surface area contributed by atoms with Gasteiger partial charge in [0.05, 0.1) is 13.2 Å². The first-order chi connectivity index (χ1) is 13.2. The smallest absolute Gasteiger partial charge is 0.242 e. The molecule has 1 atom stereocenters. The van der Waals surface area contributed by atoms with Crippen molar-refractivity contribution < 1.29 is 9.53 Å². The number of amides is 1. The van der Waals surface area contributed by atoms with Gasteiger partial charge in [-0.15, -0.1) is 0 Å². The van der Waals surface area contributed by atoms with Gasteiger partial charge in [-0.25, -0.2) is 0 Å². The number of nitrogens with one attached hydrogen (secondary N) is 1. The zero-order valence-corrected chi connectivity index (χ0v) is 15.9. The molecule has 0 spiro atoms. The highest BCUT2D eigenvalue weighted by Gasteiger charge is 2.46. The Hall–Kier alpha value is -2.24. The summed E-state index contributed by atoms with van der Waals surface area (Å²) >= 11 is 0. The van der Waals surface area contributed by atoms with Gasteiger partial charge in [-0.05, 0) is 48.9 Å². The molecule has 2 fully saturated rings. The second-order valence-corrected chi connectivity index (χ2v) is 7.71. The Bertz CT molecular complexity index is 783. The lowest BCUT2D eigenvalue weighted by molar-refractivity contribution is -0.129. The molecule has 0 radical (unpaired) electrons. The van der Waals surface area contributed by atoms with Crippen molar-refractivity contribution in [3.8, 4) is 0 Å². The Morgan fingerprint density at radius 3 is 2.67 bits per heavy atom. The molecule has 2 heterocycles. The van der Waals surface area contributed by atoms with Crippen molar-refractivity contribution in [3.05, 3.63) is 65.5 Å². The predicted molar refractivity (Wildman–Crippen MR) is 104 cm³/mol. The molecule has 2 aromatic rings. The average molecular weight is 365 g/mol. The lowest BCUT2D eigenvalue weighted by Crippen LogP contribution is -2.49. The van der Waals surface area contributed by atoms with Crippen LogP contribution in [0.3, 0.4) is 0 Å². The van der Waals surface area contributed by atoms with Crippen molar-refractivity contribution in [2.75, 3.05) is 26.3 Å². The van der Waals surface area contributed by atoms with Crippen LogP contribution in [0.5, 0.6) is 0 Å². The van der Waals surface area contributed by atoms with E-state index in [0.717, 1.165) is 37.9 Å². The number of ether oxygens (including phenoxy) is 1. The van der Waals surface area contributed by atoms with E-state index >= 15 is 0 Å². The first-order valence-electron chi connectivity index (χ1n) is 9.75. The fourth-order valence-electron chi connectivity index (χ4n) is 3.90. The minimum absolute atomic E-state index is 0.0796. The summed E-state index contributed by atoms with van der Waals surface area (Å²) < 4.78 is 5.48. The SMILES string of the molecule is Cc1ccccc1CC1(NC(=O)[C@@H](c2cccnc2)N2CCOCC2)CC1. The van der Waals surface area contributed by atoms with Crippen LogP contribution < -0.4 is 5.32 Å². The third kappa shape index (κ3) is 4.20. The highest BCUT2D eigenvalue weighted by Crippen LogP contribution is 2.40. The van der Waals surface area contributed by atoms with Gasteiger partial charge in [-0.3, -0.25) is 14.7 Å². The molecule has 1 aliphatic carbocycles. The summed E-state index contributed by atoms with van der Waals surface area (Å²) in [5, 5.41) is 3.39. The second kappa shape index (κ2) is 7.79. The van der Waals surface area contributed by atoms with E-state index in [-0.39, 0.29) is 17.5 Å². The Kier molecular flexibility index (Phi) is 5.23. The largest absolute Gasteiger partial charge is 0.379 e. The van der Waals surface area contributed by atoms with Gasteiger partial charge in [0.25, 0.3) is 0 Å². The monoisotopic (exact) mass is 365 g/mol. The van der Waals surface area contributed by atoms with Crippen molar-refractivity contribution in [1.29, 1.82) is 0 Å². The summed E-state index contributed by atoms with van der Waals surface area (Å²) in [5.74, 6) is 0.0796. The first kappa shape index (κ1) is 18.1. The van der Waals surface area contributed by atoms with Crippen LogP contribution in [-0.2, 0) is 16.0 Å². The number of carbonyl (C=O) groups excluding carboxylic acids is 1. The Morgan fingerprint density at radius 2 is 2.00 bits per heavy atom. The molecular formula is C22H27N3O2. The van der Waals surface area contributed by atoms with E-state index in [1.807, 2.05) is 12.1 Å². The Morgan fingerprint density at radius 1 is 1.22 bits per heavy atom. The van der Waals surface area contributed by atoms with Gasteiger partial charge in [0.1, 0.15) is 6.04 Å². The molecule has 142 valence electrons. The van der Waals surface area contributed by atoms with Gasteiger partial charge in [-0.1, -0.05) is 30.3 Å². The van der Waals surface area contributed by atoms with E-state index in [1.54, 1.807) is 12.4 Å². The number of nitrogens with zero attached hydrogens (tertiary/aromatic N) is 2. The molecule has 5 nitrogen and oxygen atoms in total. The van der Waals surface area contributed by atoms with Crippen LogP contribution in [0, 0.1) is 6.92 Å². The maximum Gasteiger partial charge on any atom is 0.242 e. The molecule has 1 saturated heterocycles. The molecule has 1 saturated carbocycles. The summed E-state index contributed by atoms with van der Waals surface area (Å²) in [6, 6.07) is 12.0. The van der Waals surface area contributed by atoms with Crippen LogP contribution in [-0.4, -0.2) is 47.6 Å².